The fourth-order valence-corrected chi connectivity index (χ4v) is 2.39. The van der Waals surface area contributed by atoms with E-state index in [-0.39, 0.29) is 11.6 Å². The third-order valence-corrected chi connectivity index (χ3v) is 3.48. The van der Waals surface area contributed by atoms with Gasteiger partial charge in [-0.25, -0.2) is 4.79 Å². The zero-order valence-electron chi connectivity index (χ0n) is 12.4. The summed E-state index contributed by atoms with van der Waals surface area (Å²) in [4.78, 5) is 21.4. The van der Waals surface area contributed by atoms with Crippen LogP contribution in [0.5, 0.6) is 0 Å². The van der Waals surface area contributed by atoms with Crippen LogP contribution in [0, 0.1) is 16.0 Å². The van der Waals surface area contributed by atoms with E-state index in [9.17, 15) is 14.9 Å². The van der Waals surface area contributed by atoms with E-state index in [1.807, 2.05) is 0 Å². The number of rotatable bonds is 7. The predicted molar refractivity (Wildman–Crippen MR) is 86.4 cm³/mol. The van der Waals surface area contributed by atoms with Gasteiger partial charge in [0.1, 0.15) is 5.60 Å². The topological polar surface area (TPSA) is 121 Å². The van der Waals surface area contributed by atoms with Crippen LogP contribution in [0.3, 0.4) is 0 Å². The first kappa shape index (κ1) is 17.8. The molecule has 0 saturated heterocycles. The Labute approximate surface area is 133 Å². The van der Waals surface area contributed by atoms with Crippen LogP contribution < -0.4 is 11.5 Å². The Bertz CT molecular complexity index is 572. The fraction of sp³-hybridized carbons (Fsp3) is 0.429. The van der Waals surface area contributed by atoms with Gasteiger partial charge in [0.15, 0.2) is 0 Å². The van der Waals surface area contributed by atoms with Gasteiger partial charge in [0, 0.05) is 18.1 Å². The number of thiocarbonyl (C=S) groups is 1. The monoisotopic (exact) mass is 325 g/mol. The van der Waals surface area contributed by atoms with Crippen molar-refractivity contribution < 1.29 is 14.5 Å². The molecule has 7 nitrogen and oxygen atoms in total. The highest BCUT2D eigenvalue weighted by atomic mass is 32.1. The minimum atomic E-state index is -0.859. The molecule has 0 bridgehead atoms. The molecule has 0 aliphatic carbocycles. The Kier molecular flexibility index (Phi) is 5.81. The van der Waals surface area contributed by atoms with Crippen LogP contribution in [0.25, 0.3) is 0 Å². The molecule has 0 radical (unpaired) electrons. The van der Waals surface area contributed by atoms with Crippen molar-refractivity contribution in [2.24, 2.45) is 17.4 Å². The molecular formula is C14H19N3O4S. The summed E-state index contributed by atoms with van der Waals surface area (Å²) in [5, 5.41) is 10.6. The Morgan fingerprint density at radius 2 is 1.91 bits per heavy atom. The smallest absolute Gasteiger partial charge is 0.405 e. The van der Waals surface area contributed by atoms with Crippen LogP contribution in [0.2, 0.25) is 0 Å². The van der Waals surface area contributed by atoms with Gasteiger partial charge < -0.3 is 16.2 Å². The number of primary amides is 1. The van der Waals surface area contributed by atoms with E-state index in [0.717, 1.165) is 5.56 Å². The SMILES string of the molecule is CC(C)(C[C@H](Cc1ccc([N+](=O)[O-])cc1)C(N)=S)OC(N)=O. The Morgan fingerprint density at radius 3 is 2.32 bits per heavy atom. The summed E-state index contributed by atoms with van der Waals surface area (Å²) >= 11 is 5.06. The minimum Gasteiger partial charge on any atom is -0.444 e. The van der Waals surface area contributed by atoms with Gasteiger partial charge in [-0.15, -0.1) is 0 Å². The lowest BCUT2D eigenvalue weighted by atomic mass is 9.88. The lowest BCUT2D eigenvalue weighted by Gasteiger charge is -2.28. The highest BCUT2D eigenvalue weighted by Gasteiger charge is 2.28. The van der Waals surface area contributed by atoms with E-state index in [0.29, 0.717) is 17.8 Å². The van der Waals surface area contributed by atoms with Crippen molar-refractivity contribution in [1.82, 2.24) is 0 Å². The first-order valence-electron chi connectivity index (χ1n) is 6.62. The molecule has 1 atom stereocenters. The molecule has 1 aromatic carbocycles. The number of nitro groups is 1. The van der Waals surface area contributed by atoms with Crippen molar-refractivity contribution in [3.63, 3.8) is 0 Å². The van der Waals surface area contributed by atoms with Crippen LogP contribution in [0.1, 0.15) is 25.8 Å². The number of ether oxygens (including phenoxy) is 1. The Hall–Kier alpha value is -2.22. The number of nitro benzene ring substituents is 1. The maximum absolute atomic E-state index is 10.9. The van der Waals surface area contributed by atoms with Crippen molar-refractivity contribution in [3.8, 4) is 0 Å². The third-order valence-electron chi connectivity index (χ3n) is 3.15. The number of benzene rings is 1. The lowest BCUT2D eigenvalue weighted by Crippen LogP contribution is -2.37. The quantitative estimate of drug-likeness (QED) is 0.450. The lowest BCUT2D eigenvalue weighted by molar-refractivity contribution is -0.384. The van der Waals surface area contributed by atoms with E-state index < -0.39 is 16.6 Å². The van der Waals surface area contributed by atoms with Gasteiger partial charge in [0.25, 0.3) is 5.69 Å². The molecule has 8 heteroatoms. The summed E-state index contributed by atoms with van der Waals surface area (Å²) in [6.45, 7) is 3.44. The molecule has 0 aliphatic heterocycles. The van der Waals surface area contributed by atoms with Crippen molar-refractivity contribution in [1.29, 1.82) is 0 Å². The highest BCUT2D eigenvalue weighted by molar-refractivity contribution is 7.80. The van der Waals surface area contributed by atoms with E-state index in [1.165, 1.54) is 12.1 Å². The molecule has 0 aliphatic rings. The van der Waals surface area contributed by atoms with Crippen LogP contribution in [-0.2, 0) is 11.2 Å². The van der Waals surface area contributed by atoms with E-state index >= 15 is 0 Å². The maximum atomic E-state index is 10.9. The number of hydrogen-bond donors (Lipinski definition) is 2. The van der Waals surface area contributed by atoms with Gasteiger partial charge in [-0.05, 0) is 32.3 Å². The molecule has 0 heterocycles. The third kappa shape index (κ3) is 5.65. The Balaban J connectivity index is 2.82. The Morgan fingerprint density at radius 1 is 1.36 bits per heavy atom. The van der Waals surface area contributed by atoms with Crippen LogP contribution in [-0.4, -0.2) is 21.6 Å². The number of non-ortho nitro benzene ring substituents is 1. The predicted octanol–water partition coefficient (Wildman–Crippen LogP) is 2.30. The summed E-state index contributed by atoms with van der Waals surface area (Å²) in [6.07, 6.45) is 0.0447. The maximum Gasteiger partial charge on any atom is 0.405 e. The minimum absolute atomic E-state index is 0.0213. The normalized spacial score (nSPS) is 12.5. The molecule has 0 saturated carbocycles. The van der Waals surface area contributed by atoms with Gasteiger partial charge in [-0.2, -0.15) is 0 Å². The molecule has 1 aromatic rings. The molecule has 0 aromatic heterocycles. The van der Waals surface area contributed by atoms with E-state index in [1.54, 1.807) is 26.0 Å². The molecule has 22 heavy (non-hydrogen) atoms. The van der Waals surface area contributed by atoms with Crippen molar-refractivity contribution in [2.45, 2.75) is 32.3 Å². The summed E-state index contributed by atoms with van der Waals surface area (Å²) in [5.74, 6) is -0.217. The zero-order valence-corrected chi connectivity index (χ0v) is 13.3. The van der Waals surface area contributed by atoms with Gasteiger partial charge in [-0.1, -0.05) is 24.4 Å². The van der Waals surface area contributed by atoms with Crippen molar-refractivity contribution >= 4 is 29.0 Å². The zero-order chi connectivity index (χ0) is 16.9. The second-order valence-corrected chi connectivity index (χ2v) is 6.08. The van der Waals surface area contributed by atoms with E-state index in [2.05, 4.69) is 0 Å². The van der Waals surface area contributed by atoms with Gasteiger partial charge in [0.05, 0.1) is 9.91 Å². The number of carbonyl (C=O) groups is 1. The number of carbonyl (C=O) groups excluding carboxylic acids is 1. The fourth-order valence-electron chi connectivity index (χ4n) is 2.22. The molecule has 120 valence electrons. The summed E-state index contributed by atoms with van der Waals surface area (Å²) in [7, 11) is 0. The molecule has 0 spiro atoms. The molecular weight excluding hydrogens is 306 g/mol. The average molecular weight is 325 g/mol. The van der Waals surface area contributed by atoms with Crippen molar-refractivity contribution in [3.05, 3.63) is 39.9 Å². The summed E-state index contributed by atoms with van der Waals surface area (Å²) < 4.78 is 5.04. The van der Waals surface area contributed by atoms with Crippen LogP contribution in [0.4, 0.5) is 10.5 Å². The number of amides is 1. The van der Waals surface area contributed by atoms with E-state index in [4.69, 9.17) is 28.4 Å². The molecule has 1 amide bonds. The van der Waals surface area contributed by atoms with Gasteiger partial charge in [-0.3, -0.25) is 10.1 Å². The highest BCUT2D eigenvalue weighted by Crippen LogP contribution is 2.25. The number of nitrogens with two attached hydrogens (primary N) is 2. The number of hydrogen-bond acceptors (Lipinski definition) is 5. The van der Waals surface area contributed by atoms with Gasteiger partial charge in [0.2, 0.25) is 0 Å². The summed E-state index contributed by atoms with van der Waals surface area (Å²) in [6, 6.07) is 6.17. The second-order valence-electron chi connectivity index (χ2n) is 5.61. The molecule has 0 unspecified atom stereocenters. The molecule has 4 N–H and O–H groups in total. The molecule has 0 fully saturated rings. The molecule has 1 rings (SSSR count). The first-order valence-corrected chi connectivity index (χ1v) is 7.02. The first-order chi connectivity index (χ1) is 10.1. The van der Waals surface area contributed by atoms with Crippen LogP contribution >= 0.6 is 12.2 Å². The average Bonchev–Trinajstić information content (AvgIpc) is 2.36. The van der Waals surface area contributed by atoms with Crippen molar-refractivity contribution in [2.75, 3.05) is 0 Å². The number of nitrogens with zero attached hydrogens (tertiary/aromatic N) is 1. The second kappa shape index (κ2) is 7.17. The van der Waals surface area contributed by atoms with Crippen LogP contribution in [0.15, 0.2) is 24.3 Å². The van der Waals surface area contributed by atoms with Gasteiger partial charge >= 0.3 is 6.09 Å². The largest absolute Gasteiger partial charge is 0.444 e. The standard InChI is InChI=1S/C14H19N3O4S/c1-14(2,21-13(16)18)8-10(12(15)22)7-9-3-5-11(6-4-9)17(19)20/h3-6,10H,7-8H2,1-2H3,(H2,15,22)(H2,16,18)/t10-/m0/s1. The summed E-state index contributed by atoms with van der Waals surface area (Å²) in [5.41, 5.74) is 10.9.